The van der Waals surface area contributed by atoms with Crippen molar-refractivity contribution >= 4 is 11.9 Å². The first-order valence-electron chi connectivity index (χ1n) is 9.90. The maximum atomic E-state index is 14.2. The molecule has 1 aliphatic rings. The molecule has 30 heavy (non-hydrogen) atoms. The molecule has 158 valence electrons. The van der Waals surface area contributed by atoms with Gasteiger partial charge in [-0.1, -0.05) is 42.0 Å². The molecule has 0 aliphatic carbocycles. The van der Waals surface area contributed by atoms with Gasteiger partial charge < -0.3 is 9.64 Å². The van der Waals surface area contributed by atoms with Gasteiger partial charge in [0.15, 0.2) is 11.6 Å². The lowest BCUT2D eigenvalue weighted by Gasteiger charge is -2.35. The number of aryl methyl sites for hydroxylation is 1. The monoisotopic (exact) mass is 413 g/mol. The van der Waals surface area contributed by atoms with Crippen LogP contribution in [0.15, 0.2) is 53.7 Å². The standard InChI is InChI=1S/C24H25F2NO3/c1-14(2)30-24(29)22-16(4)27(13-18-9-6-10-20(25)23(18)26)21(28)12-19(22)17-8-5-7-15(3)11-17/h5-11,14,19H,12-13H2,1-4H3/t19-/m1/s1. The topological polar surface area (TPSA) is 46.6 Å². The van der Waals surface area contributed by atoms with E-state index in [4.69, 9.17) is 4.74 Å². The maximum Gasteiger partial charge on any atom is 0.336 e. The molecular weight excluding hydrogens is 388 g/mol. The van der Waals surface area contributed by atoms with Gasteiger partial charge >= 0.3 is 5.97 Å². The minimum absolute atomic E-state index is 0.0419. The Bertz CT molecular complexity index is 1010. The zero-order valence-electron chi connectivity index (χ0n) is 17.5. The highest BCUT2D eigenvalue weighted by molar-refractivity contribution is 5.96. The van der Waals surface area contributed by atoms with Crippen molar-refractivity contribution in [1.82, 2.24) is 4.90 Å². The third-order valence-electron chi connectivity index (χ3n) is 5.19. The van der Waals surface area contributed by atoms with Crippen LogP contribution in [0.2, 0.25) is 0 Å². The van der Waals surface area contributed by atoms with Gasteiger partial charge in [-0.3, -0.25) is 4.79 Å². The summed E-state index contributed by atoms with van der Waals surface area (Å²) in [4.78, 5) is 27.3. The molecule has 6 heteroatoms. The largest absolute Gasteiger partial charge is 0.460 e. The van der Waals surface area contributed by atoms with E-state index in [0.717, 1.165) is 17.2 Å². The first-order valence-corrected chi connectivity index (χ1v) is 9.90. The zero-order valence-corrected chi connectivity index (χ0v) is 17.5. The van der Waals surface area contributed by atoms with Crippen molar-refractivity contribution < 1.29 is 23.1 Å². The highest BCUT2D eigenvalue weighted by Crippen LogP contribution is 2.38. The Hall–Kier alpha value is -3.02. The molecule has 2 aromatic rings. The van der Waals surface area contributed by atoms with E-state index < -0.39 is 23.5 Å². The molecule has 0 fully saturated rings. The molecule has 1 aliphatic heterocycles. The number of benzene rings is 2. The molecular formula is C24H25F2NO3. The van der Waals surface area contributed by atoms with Crippen molar-refractivity contribution in [2.75, 3.05) is 0 Å². The van der Waals surface area contributed by atoms with E-state index in [0.29, 0.717) is 11.3 Å². The molecule has 2 aromatic carbocycles. The molecule has 0 spiro atoms. The fraction of sp³-hybridized carbons (Fsp3) is 0.333. The number of amides is 1. The quantitative estimate of drug-likeness (QED) is 0.647. The van der Waals surface area contributed by atoms with Gasteiger partial charge in [-0.15, -0.1) is 0 Å². The number of esters is 1. The van der Waals surface area contributed by atoms with Crippen molar-refractivity contribution in [3.8, 4) is 0 Å². The van der Waals surface area contributed by atoms with Gasteiger partial charge in [0, 0.05) is 23.6 Å². The van der Waals surface area contributed by atoms with Crippen LogP contribution in [0.3, 0.4) is 0 Å². The third kappa shape index (κ3) is 4.42. The Morgan fingerprint density at radius 2 is 1.87 bits per heavy atom. The van der Waals surface area contributed by atoms with Gasteiger partial charge in [-0.25, -0.2) is 13.6 Å². The zero-order chi connectivity index (χ0) is 22.0. The van der Waals surface area contributed by atoms with Crippen LogP contribution in [0.5, 0.6) is 0 Å². The minimum Gasteiger partial charge on any atom is -0.460 e. The average Bonchev–Trinajstić information content (AvgIpc) is 2.67. The second kappa shape index (κ2) is 8.78. The first kappa shape index (κ1) is 21.7. The number of hydrogen-bond donors (Lipinski definition) is 0. The predicted octanol–water partition coefficient (Wildman–Crippen LogP) is 5.01. The number of hydrogen-bond acceptors (Lipinski definition) is 3. The van der Waals surface area contributed by atoms with E-state index in [9.17, 15) is 18.4 Å². The van der Waals surface area contributed by atoms with Gasteiger partial charge in [0.1, 0.15) is 0 Å². The van der Waals surface area contributed by atoms with Crippen LogP contribution in [0.4, 0.5) is 8.78 Å². The fourth-order valence-electron chi connectivity index (χ4n) is 3.76. The Morgan fingerprint density at radius 1 is 1.17 bits per heavy atom. The van der Waals surface area contributed by atoms with Crippen molar-refractivity contribution in [3.05, 3.63) is 82.1 Å². The van der Waals surface area contributed by atoms with Crippen LogP contribution in [-0.4, -0.2) is 22.9 Å². The van der Waals surface area contributed by atoms with Crippen LogP contribution in [0.1, 0.15) is 49.8 Å². The van der Waals surface area contributed by atoms with E-state index in [1.165, 1.54) is 17.0 Å². The summed E-state index contributed by atoms with van der Waals surface area (Å²) in [6, 6.07) is 11.5. The van der Waals surface area contributed by atoms with Gasteiger partial charge in [0.2, 0.25) is 5.91 Å². The number of rotatable bonds is 5. The van der Waals surface area contributed by atoms with E-state index in [2.05, 4.69) is 0 Å². The summed E-state index contributed by atoms with van der Waals surface area (Å²) in [5.41, 5.74) is 2.67. The van der Waals surface area contributed by atoms with Crippen LogP contribution in [0, 0.1) is 18.6 Å². The molecule has 0 aromatic heterocycles. The molecule has 0 saturated heterocycles. The minimum atomic E-state index is -0.995. The Balaban J connectivity index is 2.07. The van der Waals surface area contributed by atoms with E-state index in [-0.39, 0.29) is 30.5 Å². The summed E-state index contributed by atoms with van der Waals surface area (Å²) >= 11 is 0. The second-order valence-electron chi connectivity index (χ2n) is 7.82. The molecule has 1 heterocycles. The number of allylic oxidation sites excluding steroid dienone is 1. The summed E-state index contributed by atoms with van der Waals surface area (Å²) in [6.07, 6.45) is -0.289. The summed E-state index contributed by atoms with van der Waals surface area (Å²) in [7, 11) is 0. The van der Waals surface area contributed by atoms with Gasteiger partial charge in [0.05, 0.1) is 18.2 Å². The molecule has 0 N–H and O–H groups in total. The average molecular weight is 413 g/mol. The lowest BCUT2D eigenvalue weighted by atomic mass is 9.83. The number of ether oxygens (including phenoxy) is 1. The normalized spacial score (nSPS) is 17.0. The van der Waals surface area contributed by atoms with Crippen LogP contribution < -0.4 is 0 Å². The summed E-state index contributed by atoms with van der Waals surface area (Å²) < 4.78 is 33.3. The SMILES string of the molecule is CC1=C(C(=O)OC(C)C)[C@@H](c2cccc(C)c2)CC(=O)N1Cc1cccc(F)c1F. The number of halogens is 2. The number of carbonyl (C=O) groups excluding carboxylic acids is 2. The van der Waals surface area contributed by atoms with Crippen LogP contribution >= 0.6 is 0 Å². The molecule has 0 unspecified atom stereocenters. The lowest BCUT2D eigenvalue weighted by Crippen LogP contribution is -2.38. The second-order valence-corrected chi connectivity index (χ2v) is 7.82. The Labute approximate surface area is 175 Å². The first-order chi connectivity index (χ1) is 14.2. The molecule has 3 rings (SSSR count). The van der Waals surface area contributed by atoms with E-state index in [1.54, 1.807) is 20.8 Å². The van der Waals surface area contributed by atoms with Gasteiger partial charge in [0.25, 0.3) is 0 Å². The maximum absolute atomic E-state index is 14.2. The lowest BCUT2D eigenvalue weighted by molar-refractivity contribution is -0.143. The van der Waals surface area contributed by atoms with Crippen molar-refractivity contribution in [2.45, 2.75) is 52.7 Å². The van der Waals surface area contributed by atoms with Gasteiger partial charge in [-0.2, -0.15) is 0 Å². The highest BCUT2D eigenvalue weighted by atomic mass is 19.2. The van der Waals surface area contributed by atoms with Crippen molar-refractivity contribution in [2.24, 2.45) is 0 Å². The third-order valence-corrected chi connectivity index (χ3v) is 5.19. The van der Waals surface area contributed by atoms with Crippen LogP contribution in [0.25, 0.3) is 0 Å². The van der Waals surface area contributed by atoms with E-state index >= 15 is 0 Å². The molecule has 0 radical (unpaired) electrons. The molecule has 0 bridgehead atoms. The predicted molar refractivity (Wildman–Crippen MR) is 109 cm³/mol. The Morgan fingerprint density at radius 3 is 2.53 bits per heavy atom. The summed E-state index contributed by atoms with van der Waals surface area (Å²) in [6.45, 7) is 6.93. The molecule has 0 saturated carbocycles. The van der Waals surface area contributed by atoms with Crippen LogP contribution in [-0.2, 0) is 20.9 Å². The highest BCUT2D eigenvalue weighted by Gasteiger charge is 2.37. The van der Waals surface area contributed by atoms with Gasteiger partial charge in [-0.05, 0) is 39.3 Å². The van der Waals surface area contributed by atoms with E-state index in [1.807, 2.05) is 31.2 Å². The smallest absolute Gasteiger partial charge is 0.336 e. The van der Waals surface area contributed by atoms with Crippen molar-refractivity contribution in [1.29, 1.82) is 0 Å². The number of carbonyl (C=O) groups is 2. The molecule has 1 amide bonds. The summed E-state index contributed by atoms with van der Waals surface area (Å²) in [5, 5.41) is 0. The Kier molecular flexibility index (Phi) is 6.34. The molecule has 4 nitrogen and oxygen atoms in total. The number of nitrogens with zero attached hydrogens (tertiary/aromatic N) is 1. The van der Waals surface area contributed by atoms with Crippen molar-refractivity contribution in [3.63, 3.8) is 0 Å². The fourth-order valence-corrected chi connectivity index (χ4v) is 3.76. The summed E-state index contributed by atoms with van der Waals surface area (Å²) in [5.74, 6) is -3.20. The molecule has 1 atom stereocenters.